The summed E-state index contributed by atoms with van der Waals surface area (Å²) in [5.74, 6) is -0.0986. The van der Waals surface area contributed by atoms with Crippen molar-refractivity contribution in [2.45, 2.75) is 12.7 Å². The topological polar surface area (TPSA) is 82.7 Å². The Kier molecular flexibility index (Phi) is 5.94. The molecule has 2 aromatic heterocycles. The lowest BCUT2D eigenvalue weighted by Gasteiger charge is -2.08. The van der Waals surface area contributed by atoms with E-state index in [1.54, 1.807) is 36.4 Å². The molecule has 0 aliphatic heterocycles. The Morgan fingerprint density at radius 1 is 1.00 bits per heavy atom. The number of nitrogens with one attached hydrogen (secondary N) is 3. The molecule has 4 rings (SSSR count). The number of fused-ring (bicyclic) bond motifs is 1. The second kappa shape index (κ2) is 8.68. The largest absolute Gasteiger partial charge is 0.433 e. The van der Waals surface area contributed by atoms with E-state index < -0.39 is 17.8 Å². The first-order valence-corrected chi connectivity index (χ1v) is 9.98. The molecule has 11 heteroatoms. The molecule has 0 bridgehead atoms. The average molecular weight is 480 g/mol. The Labute approximate surface area is 189 Å². The highest BCUT2D eigenvalue weighted by Crippen LogP contribution is 2.32. The molecule has 164 valence electrons. The molecule has 0 aliphatic carbocycles. The minimum Gasteiger partial charge on any atom is -0.346 e. The van der Waals surface area contributed by atoms with E-state index in [0.29, 0.717) is 38.3 Å². The molecule has 0 unspecified atom stereocenters. The first-order valence-electron chi connectivity index (χ1n) is 9.23. The Morgan fingerprint density at radius 2 is 1.72 bits per heavy atom. The van der Waals surface area contributed by atoms with E-state index in [0.717, 1.165) is 6.07 Å². The van der Waals surface area contributed by atoms with Crippen LogP contribution in [0.15, 0.2) is 54.6 Å². The average Bonchev–Trinajstić information content (AvgIpc) is 3.16. The van der Waals surface area contributed by atoms with Crippen molar-refractivity contribution >= 4 is 51.8 Å². The van der Waals surface area contributed by atoms with Crippen molar-refractivity contribution in [3.8, 4) is 0 Å². The zero-order chi connectivity index (χ0) is 22.9. The molecular weight excluding hydrogens is 466 g/mol. The third kappa shape index (κ3) is 4.79. The van der Waals surface area contributed by atoms with Gasteiger partial charge in [-0.05, 0) is 42.5 Å². The molecule has 4 aromatic rings. The molecule has 2 aromatic carbocycles. The summed E-state index contributed by atoms with van der Waals surface area (Å²) >= 11 is 12.3. The molecule has 3 N–H and O–H groups in total. The van der Waals surface area contributed by atoms with Crippen molar-refractivity contribution in [1.82, 2.24) is 20.3 Å². The van der Waals surface area contributed by atoms with Crippen molar-refractivity contribution in [1.29, 1.82) is 0 Å². The van der Waals surface area contributed by atoms with Crippen molar-refractivity contribution < 1.29 is 18.0 Å². The summed E-state index contributed by atoms with van der Waals surface area (Å²) in [7, 11) is 0. The molecule has 6 nitrogen and oxygen atoms in total. The number of pyridine rings is 1. The first-order chi connectivity index (χ1) is 15.2. The van der Waals surface area contributed by atoms with Gasteiger partial charge in [-0.25, -0.2) is 9.97 Å². The summed E-state index contributed by atoms with van der Waals surface area (Å²) in [6.45, 7) is -0.154. The predicted octanol–water partition coefficient (Wildman–Crippen LogP) is 5.96. The third-order valence-corrected chi connectivity index (χ3v) is 5.11. The van der Waals surface area contributed by atoms with Gasteiger partial charge in [0, 0.05) is 5.56 Å². The lowest BCUT2D eigenvalue weighted by molar-refractivity contribution is -0.141. The number of anilines is 2. The summed E-state index contributed by atoms with van der Waals surface area (Å²) in [6, 6.07) is 13.4. The highest BCUT2D eigenvalue weighted by atomic mass is 35.5. The Bertz CT molecular complexity index is 1290. The standard InChI is InChI=1S/C21H14Cl2F3N5O/c22-13-4-2-5-14(23)18(13)31-20-29-15-8-7-11(9-16(15)30-20)19(32)27-10-12-3-1-6-17(28-12)21(24,25)26/h1-9H,10H2,(H,27,32)(H2,29,30,31). The number of nitrogens with zero attached hydrogens (tertiary/aromatic N) is 2. The summed E-state index contributed by atoms with van der Waals surface area (Å²) in [5, 5.41) is 6.41. The fraction of sp³-hybridized carbons (Fsp3) is 0.0952. The van der Waals surface area contributed by atoms with E-state index >= 15 is 0 Å². The van der Waals surface area contributed by atoms with Crippen LogP contribution >= 0.6 is 23.2 Å². The van der Waals surface area contributed by atoms with Gasteiger partial charge in [0.2, 0.25) is 5.95 Å². The number of rotatable bonds is 5. The molecular formula is C21H14Cl2F3N5O. The van der Waals surface area contributed by atoms with Gasteiger partial charge in [-0.1, -0.05) is 35.3 Å². The zero-order valence-corrected chi connectivity index (χ0v) is 17.6. The predicted molar refractivity (Wildman–Crippen MR) is 116 cm³/mol. The van der Waals surface area contributed by atoms with Crippen LogP contribution in [-0.4, -0.2) is 20.9 Å². The summed E-state index contributed by atoms with van der Waals surface area (Å²) in [5.41, 5.74) is 1.02. The fourth-order valence-electron chi connectivity index (χ4n) is 2.95. The number of hydrogen-bond acceptors (Lipinski definition) is 4. The fourth-order valence-corrected chi connectivity index (χ4v) is 3.44. The van der Waals surface area contributed by atoms with E-state index in [9.17, 15) is 18.0 Å². The number of alkyl halides is 3. The molecule has 0 fully saturated rings. The molecule has 1 amide bonds. The van der Waals surface area contributed by atoms with E-state index in [4.69, 9.17) is 23.2 Å². The molecule has 0 saturated heterocycles. The van der Waals surface area contributed by atoms with Crippen LogP contribution in [0.4, 0.5) is 24.8 Å². The van der Waals surface area contributed by atoms with Gasteiger partial charge in [-0.2, -0.15) is 13.2 Å². The third-order valence-electron chi connectivity index (χ3n) is 4.48. The molecule has 0 aliphatic rings. The normalized spacial score (nSPS) is 11.5. The van der Waals surface area contributed by atoms with E-state index in [2.05, 4.69) is 25.6 Å². The van der Waals surface area contributed by atoms with E-state index in [1.807, 2.05) is 0 Å². The smallest absolute Gasteiger partial charge is 0.346 e. The van der Waals surface area contributed by atoms with Crippen LogP contribution in [0.1, 0.15) is 21.7 Å². The Hall–Kier alpha value is -3.30. The van der Waals surface area contributed by atoms with Crippen molar-refractivity contribution in [3.05, 3.63) is 81.6 Å². The van der Waals surface area contributed by atoms with Gasteiger partial charge in [-0.3, -0.25) is 4.79 Å². The quantitative estimate of drug-likeness (QED) is 0.330. The Balaban J connectivity index is 1.48. The first kappa shape index (κ1) is 21.9. The second-order valence-corrected chi connectivity index (χ2v) is 7.55. The van der Waals surface area contributed by atoms with Crippen LogP contribution in [0, 0.1) is 0 Å². The number of hydrogen-bond donors (Lipinski definition) is 3. The zero-order valence-electron chi connectivity index (χ0n) is 16.1. The number of benzene rings is 2. The second-order valence-electron chi connectivity index (χ2n) is 6.73. The van der Waals surface area contributed by atoms with Gasteiger partial charge >= 0.3 is 6.18 Å². The summed E-state index contributed by atoms with van der Waals surface area (Å²) in [6.07, 6.45) is -4.55. The van der Waals surface area contributed by atoms with Crippen LogP contribution in [0.2, 0.25) is 10.0 Å². The SMILES string of the molecule is O=C(NCc1cccc(C(F)(F)F)n1)c1ccc2[nH]c(Nc3c(Cl)cccc3Cl)nc2c1. The van der Waals surface area contributed by atoms with Crippen LogP contribution in [0.3, 0.4) is 0 Å². The number of para-hydroxylation sites is 1. The van der Waals surface area contributed by atoms with E-state index in [1.165, 1.54) is 12.1 Å². The maximum Gasteiger partial charge on any atom is 0.433 e. The van der Waals surface area contributed by atoms with Crippen molar-refractivity contribution in [2.75, 3.05) is 5.32 Å². The number of imidazole rings is 1. The lowest BCUT2D eigenvalue weighted by Crippen LogP contribution is -2.23. The molecule has 0 saturated carbocycles. The van der Waals surface area contributed by atoms with Crippen molar-refractivity contribution in [3.63, 3.8) is 0 Å². The molecule has 0 radical (unpaired) electrons. The van der Waals surface area contributed by atoms with Gasteiger partial charge in [0.25, 0.3) is 5.91 Å². The van der Waals surface area contributed by atoms with Gasteiger partial charge in [0.15, 0.2) is 0 Å². The van der Waals surface area contributed by atoms with Crippen molar-refractivity contribution in [2.24, 2.45) is 0 Å². The molecule has 0 atom stereocenters. The summed E-state index contributed by atoms with van der Waals surface area (Å²) in [4.78, 5) is 23.5. The van der Waals surface area contributed by atoms with Crippen LogP contribution < -0.4 is 10.6 Å². The monoisotopic (exact) mass is 479 g/mol. The van der Waals surface area contributed by atoms with Crippen LogP contribution in [0.25, 0.3) is 11.0 Å². The van der Waals surface area contributed by atoms with Gasteiger partial charge < -0.3 is 15.6 Å². The van der Waals surface area contributed by atoms with E-state index in [-0.39, 0.29) is 12.2 Å². The summed E-state index contributed by atoms with van der Waals surface area (Å²) < 4.78 is 38.4. The minimum absolute atomic E-state index is 0.0946. The highest BCUT2D eigenvalue weighted by Gasteiger charge is 2.32. The maximum atomic E-state index is 12.8. The number of H-pyrrole nitrogens is 1. The number of aromatic amines is 1. The molecule has 2 heterocycles. The van der Waals surface area contributed by atoms with Gasteiger partial charge in [-0.15, -0.1) is 0 Å². The van der Waals surface area contributed by atoms with Gasteiger partial charge in [0.1, 0.15) is 5.69 Å². The number of carbonyl (C=O) groups excluding carboxylic acids is 1. The number of halogens is 5. The maximum absolute atomic E-state index is 12.8. The number of aromatic nitrogens is 3. The number of carbonyl (C=O) groups is 1. The molecule has 0 spiro atoms. The Morgan fingerprint density at radius 3 is 2.44 bits per heavy atom. The number of amides is 1. The van der Waals surface area contributed by atoms with Crippen LogP contribution in [-0.2, 0) is 12.7 Å². The highest BCUT2D eigenvalue weighted by molar-refractivity contribution is 6.39. The molecule has 32 heavy (non-hydrogen) atoms. The minimum atomic E-state index is -4.55. The van der Waals surface area contributed by atoms with Gasteiger partial charge in [0.05, 0.1) is 39.0 Å². The van der Waals surface area contributed by atoms with Crippen LogP contribution in [0.5, 0.6) is 0 Å². The lowest BCUT2D eigenvalue weighted by atomic mass is 10.2.